The molecule has 1 amide bonds. The summed E-state index contributed by atoms with van der Waals surface area (Å²) in [6.07, 6.45) is 1.46. The number of phenols is 1. The van der Waals surface area contributed by atoms with Gasteiger partial charge in [0.25, 0.3) is 5.91 Å². The molecule has 41 heavy (non-hydrogen) atoms. The summed E-state index contributed by atoms with van der Waals surface area (Å²) < 4.78 is 0. The number of aromatic hydroxyl groups is 1. The van der Waals surface area contributed by atoms with E-state index < -0.39 is 8.32 Å². The Morgan fingerprint density at radius 3 is 2.29 bits per heavy atom. The maximum Gasteiger partial charge on any atom is 0.251 e. The second kappa shape index (κ2) is 13.5. The quantitative estimate of drug-likeness (QED) is 0.144. The molecule has 0 spiro atoms. The number of benzene rings is 3. The minimum absolute atomic E-state index is 0.0547. The predicted octanol–water partition coefficient (Wildman–Crippen LogP) is 6.53. The summed E-state index contributed by atoms with van der Waals surface area (Å²) >= 11 is 5.96. The molecule has 3 aromatic rings. The van der Waals surface area contributed by atoms with Gasteiger partial charge in [-0.1, -0.05) is 55.8 Å². The van der Waals surface area contributed by atoms with E-state index in [1.807, 2.05) is 73.8 Å². The van der Waals surface area contributed by atoms with Crippen molar-refractivity contribution in [2.24, 2.45) is 0 Å². The van der Waals surface area contributed by atoms with Crippen LogP contribution in [0, 0.1) is 0 Å². The van der Waals surface area contributed by atoms with Crippen molar-refractivity contribution in [1.29, 1.82) is 0 Å². The first kappa shape index (κ1) is 32.8. The standard InChI is InChI=1S/C33H45ClN2O4Si/c1-32(2,18-24-8-7-9-26(16-24)31(39)35-20-23-10-13-29(34)14-11-23)36-21-28(19-33(3,4)41(5,6)40)25-12-15-30(38)27(17-25)22-37/h7-17,28,36-38,40H,18-22H2,1-6H3,(H,35,39)/t28-/m0/s1. The maximum absolute atomic E-state index is 12.9. The molecular formula is C33H45ClN2O4Si. The Bertz CT molecular complexity index is 1320. The average molecular weight is 597 g/mol. The van der Waals surface area contributed by atoms with Gasteiger partial charge in [-0.2, -0.15) is 0 Å². The Morgan fingerprint density at radius 2 is 1.66 bits per heavy atom. The van der Waals surface area contributed by atoms with Crippen LogP contribution in [0.1, 0.15) is 72.6 Å². The van der Waals surface area contributed by atoms with Crippen molar-refractivity contribution in [1.82, 2.24) is 10.6 Å². The molecular weight excluding hydrogens is 552 g/mol. The molecule has 222 valence electrons. The van der Waals surface area contributed by atoms with Crippen LogP contribution in [-0.4, -0.2) is 41.3 Å². The van der Waals surface area contributed by atoms with Crippen LogP contribution in [0.15, 0.2) is 66.7 Å². The molecule has 0 saturated carbocycles. The van der Waals surface area contributed by atoms with Gasteiger partial charge in [0.2, 0.25) is 0 Å². The number of hydrogen-bond acceptors (Lipinski definition) is 5. The van der Waals surface area contributed by atoms with E-state index in [-0.39, 0.29) is 34.8 Å². The molecule has 0 radical (unpaired) electrons. The first-order valence-electron chi connectivity index (χ1n) is 14.1. The number of rotatable bonds is 13. The number of carbonyl (C=O) groups is 1. The fraction of sp³-hybridized carbons (Fsp3) is 0.424. The lowest BCUT2D eigenvalue weighted by atomic mass is 9.87. The van der Waals surface area contributed by atoms with Crippen LogP contribution in [0.3, 0.4) is 0 Å². The second-order valence-corrected chi connectivity index (χ2v) is 17.7. The van der Waals surface area contributed by atoms with Gasteiger partial charge < -0.3 is 25.6 Å². The van der Waals surface area contributed by atoms with E-state index in [1.165, 1.54) is 0 Å². The van der Waals surface area contributed by atoms with E-state index in [0.29, 0.717) is 35.7 Å². The van der Waals surface area contributed by atoms with Gasteiger partial charge in [-0.05, 0) is 104 Å². The number of hydrogen-bond donors (Lipinski definition) is 5. The SMILES string of the molecule is CC(C)(Cc1cccc(C(=O)NCc2ccc(Cl)cc2)c1)NC[C@H](CC(C)(C)[Si](C)(C)O)c1ccc(O)c(CO)c1. The van der Waals surface area contributed by atoms with E-state index in [0.717, 1.165) is 23.1 Å². The fourth-order valence-corrected chi connectivity index (χ4v) is 5.71. The zero-order valence-electron chi connectivity index (χ0n) is 25.1. The Labute approximate surface area is 250 Å². The van der Waals surface area contributed by atoms with Gasteiger partial charge in [-0.25, -0.2) is 0 Å². The van der Waals surface area contributed by atoms with Gasteiger partial charge in [0, 0.05) is 34.8 Å². The van der Waals surface area contributed by atoms with E-state index in [4.69, 9.17) is 11.6 Å². The molecule has 0 heterocycles. The lowest BCUT2D eigenvalue weighted by Crippen LogP contribution is -2.45. The maximum atomic E-state index is 12.9. The van der Waals surface area contributed by atoms with Gasteiger partial charge in [-0.3, -0.25) is 4.79 Å². The number of aliphatic hydroxyl groups excluding tert-OH is 1. The average Bonchev–Trinajstić information content (AvgIpc) is 2.90. The third kappa shape index (κ3) is 9.41. The zero-order chi connectivity index (χ0) is 30.4. The summed E-state index contributed by atoms with van der Waals surface area (Å²) in [6.45, 7) is 13.3. The zero-order valence-corrected chi connectivity index (χ0v) is 26.8. The van der Waals surface area contributed by atoms with Crippen LogP contribution in [-0.2, 0) is 19.6 Å². The van der Waals surface area contributed by atoms with Crippen LogP contribution < -0.4 is 10.6 Å². The highest BCUT2D eigenvalue weighted by Crippen LogP contribution is 2.44. The minimum Gasteiger partial charge on any atom is -0.508 e. The van der Waals surface area contributed by atoms with Crippen LogP contribution in [0.4, 0.5) is 0 Å². The van der Waals surface area contributed by atoms with Crippen molar-refractivity contribution in [2.75, 3.05) is 6.54 Å². The summed E-state index contributed by atoms with van der Waals surface area (Å²) in [5, 5.41) is 27.0. The van der Waals surface area contributed by atoms with Crippen molar-refractivity contribution in [3.05, 3.63) is 99.6 Å². The molecule has 0 bridgehead atoms. The molecule has 5 N–H and O–H groups in total. The van der Waals surface area contributed by atoms with Crippen molar-refractivity contribution in [3.63, 3.8) is 0 Å². The second-order valence-electron chi connectivity index (χ2n) is 12.8. The molecule has 1 atom stereocenters. The molecule has 3 rings (SSSR count). The number of amides is 1. The van der Waals surface area contributed by atoms with Gasteiger partial charge in [0.15, 0.2) is 8.32 Å². The number of carbonyl (C=O) groups excluding carboxylic acids is 1. The third-order valence-electron chi connectivity index (χ3n) is 8.19. The third-order valence-corrected chi connectivity index (χ3v) is 12.0. The molecule has 0 unspecified atom stereocenters. The van der Waals surface area contributed by atoms with Crippen molar-refractivity contribution < 1.29 is 19.8 Å². The lowest BCUT2D eigenvalue weighted by Gasteiger charge is -2.39. The normalized spacial score (nSPS) is 13.2. The molecule has 3 aromatic carbocycles. The largest absolute Gasteiger partial charge is 0.508 e. The Balaban J connectivity index is 1.71. The molecule has 6 nitrogen and oxygen atoms in total. The van der Waals surface area contributed by atoms with Crippen LogP contribution in [0.5, 0.6) is 5.75 Å². The molecule has 0 saturated heterocycles. The Morgan fingerprint density at radius 1 is 0.976 bits per heavy atom. The van der Waals surface area contributed by atoms with E-state index in [2.05, 4.69) is 38.3 Å². The highest BCUT2D eigenvalue weighted by Gasteiger charge is 2.40. The Kier molecular flexibility index (Phi) is 10.8. The molecule has 0 aliphatic rings. The summed E-state index contributed by atoms with van der Waals surface area (Å²) in [4.78, 5) is 23.9. The topological polar surface area (TPSA) is 102 Å². The lowest BCUT2D eigenvalue weighted by molar-refractivity contribution is 0.0950. The van der Waals surface area contributed by atoms with Crippen molar-refractivity contribution in [3.8, 4) is 5.75 Å². The minimum atomic E-state index is -2.47. The van der Waals surface area contributed by atoms with Crippen molar-refractivity contribution >= 4 is 25.8 Å². The van der Waals surface area contributed by atoms with Gasteiger partial charge in [0.1, 0.15) is 5.75 Å². The first-order chi connectivity index (χ1) is 19.1. The Hall–Kier alpha value is -2.68. The van der Waals surface area contributed by atoms with Crippen LogP contribution >= 0.6 is 11.6 Å². The highest BCUT2D eigenvalue weighted by atomic mass is 35.5. The summed E-state index contributed by atoms with van der Waals surface area (Å²) in [6, 6.07) is 20.5. The summed E-state index contributed by atoms with van der Waals surface area (Å²) in [5.74, 6) is 0.00763. The molecule has 0 aliphatic heterocycles. The van der Waals surface area contributed by atoms with E-state index in [9.17, 15) is 19.8 Å². The highest BCUT2D eigenvalue weighted by molar-refractivity contribution is 6.72. The number of halogens is 1. The monoisotopic (exact) mass is 596 g/mol. The summed E-state index contributed by atoms with van der Waals surface area (Å²) in [7, 11) is -2.47. The van der Waals surface area contributed by atoms with Gasteiger partial charge in [0.05, 0.1) is 6.61 Å². The fourth-order valence-electron chi connectivity index (χ4n) is 4.84. The van der Waals surface area contributed by atoms with Gasteiger partial charge >= 0.3 is 0 Å². The molecule has 0 aliphatic carbocycles. The number of aliphatic hydroxyl groups is 1. The first-order valence-corrected chi connectivity index (χ1v) is 17.4. The van der Waals surface area contributed by atoms with Crippen LogP contribution in [0.25, 0.3) is 0 Å². The van der Waals surface area contributed by atoms with E-state index >= 15 is 0 Å². The predicted molar refractivity (Wildman–Crippen MR) is 170 cm³/mol. The van der Waals surface area contributed by atoms with Crippen molar-refractivity contribution in [2.45, 2.75) is 83.3 Å². The smallest absolute Gasteiger partial charge is 0.251 e. The number of nitrogens with one attached hydrogen (secondary N) is 2. The molecule has 0 aromatic heterocycles. The summed E-state index contributed by atoms with van der Waals surface area (Å²) in [5.41, 5.74) is 3.87. The van der Waals surface area contributed by atoms with E-state index in [1.54, 1.807) is 6.07 Å². The van der Waals surface area contributed by atoms with Gasteiger partial charge in [-0.15, -0.1) is 0 Å². The molecule has 8 heteroatoms. The molecule has 0 fully saturated rings. The van der Waals surface area contributed by atoms with Crippen LogP contribution in [0.2, 0.25) is 23.2 Å².